The SMILES string of the molecule is OC1O[C@H](CCl)[C@H](O)[C@@H](O)[C@@H]1O. The minimum Gasteiger partial charge on any atom is -0.388 e. The molecule has 1 heterocycles. The van der Waals surface area contributed by atoms with Crippen LogP contribution in [0.4, 0.5) is 0 Å². The van der Waals surface area contributed by atoms with Crippen molar-refractivity contribution >= 4 is 11.6 Å². The van der Waals surface area contributed by atoms with E-state index in [1.807, 2.05) is 0 Å². The van der Waals surface area contributed by atoms with Crippen LogP contribution in [-0.2, 0) is 4.74 Å². The quantitative estimate of drug-likeness (QED) is 0.367. The lowest BCUT2D eigenvalue weighted by Gasteiger charge is -2.37. The molecule has 5 atom stereocenters. The van der Waals surface area contributed by atoms with Gasteiger partial charge in [-0.2, -0.15) is 0 Å². The van der Waals surface area contributed by atoms with Crippen molar-refractivity contribution in [1.29, 1.82) is 0 Å². The molecule has 72 valence electrons. The molecule has 0 bridgehead atoms. The molecule has 12 heavy (non-hydrogen) atoms. The molecule has 4 N–H and O–H groups in total. The van der Waals surface area contributed by atoms with E-state index in [2.05, 4.69) is 0 Å². The highest BCUT2D eigenvalue weighted by Gasteiger charge is 2.42. The molecule has 1 rings (SSSR count). The summed E-state index contributed by atoms with van der Waals surface area (Å²) in [6.45, 7) is 0. The molecule has 1 aliphatic heterocycles. The molecule has 1 fully saturated rings. The van der Waals surface area contributed by atoms with Crippen molar-refractivity contribution in [2.24, 2.45) is 0 Å². The van der Waals surface area contributed by atoms with Gasteiger partial charge in [-0.15, -0.1) is 11.6 Å². The average Bonchev–Trinajstić information content (AvgIpc) is 2.08. The number of ether oxygens (including phenoxy) is 1. The van der Waals surface area contributed by atoms with Crippen LogP contribution in [0.1, 0.15) is 0 Å². The van der Waals surface area contributed by atoms with E-state index in [9.17, 15) is 5.11 Å². The number of aliphatic hydroxyl groups is 4. The van der Waals surface area contributed by atoms with E-state index < -0.39 is 30.7 Å². The van der Waals surface area contributed by atoms with E-state index >= 15 is 0 Å². The van der Waals surface area contributed by atoms with Crippen LogP contribution in [0.2, 0.25) is 0 Å². The zero-order chi connectivity index (χ0) is 9.30. The van der Waals surface area contributed by atoms with Crippen molar-refractivity contribution in [3.8, 4) is 0 Å². The minimum absolute atomic E-state index is 0.0536. The molecule has 0 spiro atoms. The van der Waals surface area contributed by atoms with E-state index in [0.29, 0.717) is 0 Å². The van der Waals surface area contributed by atoms with Gasteiger partial charge in [0, 0.05) is 0 Å². The van der Waals surface area contributed by atoms with Gasteiger partial charge in [-0.25, -0.2) is 0 Å². The highest BCUT2D eigenvalue weighted by Crippen LogP contribution is 2.20. The second kappa shape index (κ2) is 3.87. The number of halogens is 1. The summed E-state index contributed by atoms with van der Waals surface area (Å²) in [5, 5.41) is 36.3. The summed E-state index contributed by atoms with van der Waals surface area (Å²) < 4.78 is 4.69. The minimum atomic E-state index is -1.49. The molecule has 6 heteroatoms. The zero-order valence-corrected chi connectivity index (χ0v) is 6.92. The molecule has 0 amide bonds. The van der Waals surface area contributed by atoms with Crippen molar-refractivity contribution in [1.82, 2.24) is 0 Å². The third-order valence-corrected chi connectivity index (χ3v) is 2.14. The highest BCUT2D eigenvalue weighted by molar-refractivity contribution is 6.18. The maximum absolute atomic E-state index is 9.20. The van der Waals surface area contributed by atoms with Crippen molar-refractivity contribution in [3.05, 3.63) is 0 Å². The first-order valence-corrected chi connectivity index (χ1v) is 4.05. The second-order valence-corrected chi connectivity index (χ2v) is 3.00. The fourth-order valence-electron chi connectivity index (χ4n) is 1.06. The van der Waals surface area contributed by atoms with Gasteiger partial charge in [0.15, 0.2) is 6.29 Å². The summed E-state index contributed by atoms with van der Waals surface area (Å²) in [5.41, 5.74) is 0. The fourth-order valence-corrected chi connectivity index (χ4v) is 1.31. The van der Waals surface area contributed by atoms with Crippen molar-refractivity contribution in [3.63, 3.8) is 0 Å². The van der Waals surface area contributed by atoms with Gasteiger partial charge in [0.05, 0.1) is 5.88 Å². The lowest BCUT2D eigenvalue weighted by Crippen LogP contribution is -2.57. The van der Waals surface area contributed by atoms with Crippen LogP contribution in [0, 0.1) is 0 Å². The van der Waals surface area contributed by atoms with Crippen molar-refractivity contribution < 1.29 is 25.2 Å². The molecule has 0 aliphatic carbocycles. The molecule has 0 radical (unpaired) electrons. The molecule has 0 saturated carbocycles. The van der Waals surface area contributed by atoms with Crippen LogP contribution >= 0.6 is 11.6 Å². The molecule has 1 unspecified atom stereocenters. The molecular weight excluding hydrogens is 188 g/mol. The smallest absolute Gasteiger partial charge is 0.184 e. The van der Waals surface area contributed by atoms with Crippen LogP contribution in [0.3, 0.4) is 0 Å². The Hall–Kier alpha value is 0.0900. The topological polar surface area (TPSA) is 90.2 Å². The Labute approximate surface area is 74.2 Å². The average molecular weight is 199 g/mol. The molecular formula is C6H11ClO5. The fraction of sp³-hybridized carbons (Fsp3) is 1.00. The van der Waals surface area contributed by atoms with E-state index in [1.165, 1.54) is 0 Å². The van der Waals surface area contributed by atoms with Gasteiger partial charge >= 0.3 is 0 Å². The molecule has 0 aromatic heterocycles. The summed E-state index contributed by atoms with van der Waals surface area (Å²) in [5.74, 6) is -0.0536. The van der Waals surface area contributed by atoms with Crippen molar-refractivity contribution in [2.75, 3.05) is 5.88 Å². The van der Waals surface area contributed by atoms with E-state index in [0.717, 1.165) is 0 Å². The molecule has 1 saturated heterocycles. The maximum atomic E-state index is 9.20. The Morgan fingerprint density at radius 3 is 2.08 bits per heavy atom. The number of hydrogen-bond acceptors (Lipinski definition) is 5. The first kappa shape index (κ1) is 10.2. The largest absolute Gasteiger partial charge is 0.388 e. The zero-order valence-electron chi connectivity index (χ0n) is 6.17. The normalized spacial score (nSPS) is 49.2. The second-order valence-electron chi connectivity index (χ2n) is 2.69. The van der Waals surface area contributed by atoms with Gasteiger partial charge in [-0.05, 0) is 0 Å². The Bertz CT molecular complexity index is 150. The Balaban J connectivity index is 2.63. The number of rotatable bonds is 1. The van der Waals surface area contributed by atoms with E-state index in [-0.39, 0.29) is 5.88 Å². The van der Waals surface area contributed by atoms with Crippen LogP contribution in [0.15, 0.2) is 0 Å². The summed E-state index contributed by atoms with van der Waals surface area (Å²) in [6, 6.07) is 0. The Morgan fingerprint density at radius 2 is 1.58 bits per heavy atom. The lowest BCUT2D eigenvalue weighted by molar-refractivity contribution is -0.276. The Morgan fingerprint density at radius 1 is 1.00 bits per heavy atom. The monoisotopic (exact) mass is 198 g/mol. The number of hydrogen-bond donors (Lipinski definition) is 4. The van der Waals surface area contributed by atoms with Gasteiger partial charge in [0.25, 0.3) is 0 Å². The maximum Gasteiger partial charge on any atom is 0.184 e. The van der Waals surface area contributed by atoms with Crippen LogP contribution in [0.5, 0.6) is 0 Å². The van der Waals surface area contributed by atoms with Crippen LogP contribution in [0.25, 0.3) is 0 Å². The van der Waals surface area contributed by atoms with Gasteiger partial charge in [-0.1, -0.05) is 0 Å². The molecule has 1 aliphatic rings. The number of aliphatic hydroxyl groups excluding tert-OH is 4. The summed E-state index contributed by atoms with van der Waals surface area (Å²) in [6.07, 6.45) is -6.51. The van der Waals surface area contributed by atoms with E-state index in [1.54, 1.807) is 0 Å². The third kappa shape index (κ3) is 1.71. The first-order valence-electron chi connectivity index (χ1n) is 3.51. The molecule has 5 nitrogen and oxygen atoms in total. The first-order chi connectivity index (χ1) is 5.57. The van der Waals surface area contributed by atoms with Gasteiger partial charge in [0.2, 0.25) is 0 Å². The van der Waals surface area contributed by atoms with Crippen molar-refractivity contribution in [2.45, 2.75) is 30.7 Å². The predicted octanol–water partition coefficient (Wildman–Crippen LogP) is -1.97. The highest BCUT2D eigenvalue weighted by atomic mass is 35.5. The summed E-state index contributed by atoms with van der Waals surface area (Å²) >= 11 is 5.36. The lowest BCUT2D eigenvalue weighted by atomic mass is 10.0. The standard InChI is InChI=1S/C6H11ClO5/c7-1-2-3(8)4(9)5(10)6(11)12-2/h2-6,8-11H,1H2/t2-,3+,4-,5+,6?/m1/s1. The third-order valence-electron chi connectivity index (χ3n) is 1.84. The summed E-state index contributed by atoms with van der Waals surface area (Å²) in [7, 11) is 0. The van der Waals surface area contributed by atoms with Gasteiger partial charge in [-0.3, -0.25) is 0 Å². The summed E-state index contributed by atoms with van der Waals surface area (Å²) in [4.78, 5) is 0. The van der Waals surface area contributed by atoms with E-state index in [4.69, 9.17) is 31.7 Å². The molecule has 0 aromatic rings. The van der Waals surface area contributed by atoms with Gasteiger partial charge < -0.3 is 25.2 Å². The predicted molar refractivity (Wildman–Crippen MR) is 39.6 cm³/mol. The number of alkyl halides is 1. The Kier molecular flexibility index (Phi) is 3.28. The molecule has 0 aromatic carbocycles. The van der Waals surface area contributed by atoms with Crippen LogP contribution < -0.4 is 0 Å². The van der Waals surface area contributed by atoms with Crippen LogP contribution in [-0.4, -0.2) is 57.0 Å². The van der Waals surface area contributed by atoms with Gasteiger partial charge in [0.1, 0.15) is 24.4 Å².